The van der Waals surface area contributed by atoms with E-state index in [1.54, 1.807) is 0 Å². The van der Waals surface area contributed by atoms with Crippen LogP contribution in [0.25, 0.3) is 0 Å². The summed E-state index contributed by atoms with van der Waals surface area (Å²) in [4.78, 5) is 0. The summed E-state index contributed by atoms with van der Waals surface area (Å²) in [6, 6.07) is 0.600. The van der Waals surface area contributed by atoms with Crippen molar-refractivity contribution in [2.24, 2.45) is 16.2 Å². The van der Waals surface area contributed by atoms with Gasteiger partial charge in [-0.1, -0.05) is 41.5 Å². The van der Waals surface area contributed by atoms with Crippen LogP contribution in [0.4, 0.5) is 0 Å². The minimum atomic E-state index is 0.0751. The Morgan fingerprint density at radius 2 is 1.53 bits per heavy atom. The highest BCUT2D eigenvalue weighted by Crippen LogP contribution is 2.45. The van der Waals surface area contributed by atoms with Gasteiger partial charge in [-0.05, 0) is 42.9 Å². The number of hydrogen-bond acceptors (Lipinski definition) is 2. The molecule has 0 bridgehead atoms. The highest BCUT2D eigenvalue weighted by molar-refractivity contribution is 4.93. The second-order valence-electron chi connectivity index (χ2n) is 8.36. The van der Waals surface area contributed by atoms with Crippen LogP contribution in [-0.4, -0.2) is 24.3 Å². The normalized spacial score (nSPS) is 23.5. The van der Waals surface area contributed by atoms with Crippen molar-refractivity contribution in [3.8, 4) is 0 Å². The summed E-state index contributed by atoms with van der Waals surface area (Å²) in [5.41, 5.74) is 0.936. The molecular formula is C17H35NO. The third-order valence-electron chi connectivity index (χ3n) is 5.16. The quantitative estimate of drug-likeness (QED) is 0.764. The van der Waals surface area contributed by atoms with Gasteiger partial charge in [-0.3, -0.25) is 0 Å². The fraction of sp³-hybridized carbons (Fsp3) is 1.00. The lowest BCUT2D eigenvalue weighted by molar-refractivity contribution is 0.0651. The van der Waals surface area contributed by atoms with Gasteiger partial charge in [-0.15, -0.1) is 0 Å². The standard InChI is InChI=1S/C17H35NO/c1-7-17(8-2,13-19)12-18-14-9-15(3,4)11-16(5,6)10-14/h14,18-19H,7-13H2,1-6H3. The molecule has 2 N–H and O–H groups in total. The molecule has 0 aliphatic heterocycles. The molecule has 0 atom stereocenters. The molecule has 0 unspecified atom stereocenters. The van der Waals surface area contributed by atoms with Crippen LogP contribution in [0.1, 0.15) is 73.6 Å². The molecule has 1 aliphatic carbocycles. The molecule has 19 heavy (non-hydrogen) atoms. The van der Waals surface area contributed by atoms with Crippen molar-refractivity contribution < 1.29 is 5.11 Å². The van der Waals surface area contributed by atoms with Crippen LogP contribution in [0.15, 0.2) is 0 Å². The van der Waals surface area contributed by atoms with Crippen LogP contribution < -0.4 is 5.32 Å². The molecule has 0 saturated heterocycles. The van der Waals surface area contributed by atoms with Crippen molar-refractivity contribution >= 4 is 0 Å². The minimum Gasteiger partial charge on any atom is -0.396 e. The average molecular weight is 269 g/mol. The summed E-state index contributed by atoms with van der Waals surface area (Å²) in [7, 11) is 0. The van der Waals surface area contributed by atoms with Crippen molar-refractivity contribution in [2.45, 2.75) is 79.7 Å². The number of aliphatic hydroxyl groups excluding tert-OH is 1. The van der Waals surface area contributed by atoms with Crippen molar-refractivity contribution in [1.29, 1.82) is 0 Å². The maximum atomic E-state index is 9.67. The van der Waals surface area contributed by atoms with Crippen molar-refractivity contribution in [1.82, 2.24) is 5.32 Å². The van der Waals surface area contributed by atoms with E-state index in [2.05, 4.69) is 46.9 Å². The SMILES string of the molecule is CCC(CC)(CO)CNC1CC(C)(C)CC(C)(C)C1. The molecule has 0 heterocycles. The van der Waals surface area contributed by atoms with Gasteiger partial charge < -0.3 is 10.4 Å². The third-order valence-corrected chi connectivity index (χ3v) is 5.16. The Labute approximate surface area is 120 Å². The largest absolute Gasteiger partial charge is 0.396 e. The van der Waals surface area contributed by atoms with Gasteiger partial charge in [-0.25, -0.2) is 0 Å². The summed E-state index contributed by atoms with van der Waals surface area (Å²) in [6.07, 6.45) is 5.92. The third kappa shape index (κ3) is 4.75. The van der Waals surface area contributed by atoms with Crippen LogP contribution in [-0.2, 0) is 0 Å². The molecule has 0 spiro atoms. The second kappa shape index (κ2) is 6.13. The van der Waals surface area contributed by atoms with Crippen LogP contribution in [0.2, 0.25) is 0 Å². The Kier molecular flexibility index (Phi) is 5.48. The molecule has 0 amide bonds. The molecule has 0 aromatic carbocycles. The van der Waals surface area contributed by atoms with Gasteiger partial charge in [0.1, 0.15) is 0 Å². The molecule has 114 valence electrons. The van der Waals surface area contributed by atoms with Crippen LogP contribution in [0, 0.1) is 16.2 Å². The van der Waals surface area contributed by atoms with E-state index in [0.717, 1.165) is 19.4 Å². The van der Waals surface area contributed by atoms with Gasteiger partial charge in [0.15, 0.2) is 0 Å². The minimum absolute atomic E-state index is 0.0751. The first-order chi connectivity index (χ1) is 8.67. The smallest absolute Gasteiger partial charge is 0.0499 e. The van der Waals surface area contributed by atoms with Gasteiger partial charge >= 0.3 is 0 Å². The van der Waals surface area contributed by atoms with E-state index in [0.29, 0.717) is 23.5 Å². The van der Waals surface area contributed by atoms with E-state index >= 15 is 0 Å². The van der Waals surface area contributed by atoms with Crippen molar-refractivity contribution in [3.63, 3.8) is 0 Å². The molecule has 1 aliphatic rings. The van der Waals surface area contributed by atoms with Gasteiger partial charge in [0.05, 0.1) is 0 Å². The monoisotopic (exact) mass is 269 g/mol. The van der Waals surface area contributed by atoms with Gasteiger partial charge in [0.2, 0.25) is 0 Å². The lowest BCUT2D eigenvalue weighted by Gasteiger charge is -2.46. The van der Waals surface area contributed by atoms with Gasteiger partial charge in [0, 0.05) is 24.6 Å². The number of hydrogen-bond donors (Lipinski definition) is 2. The van der Waals surface area contributed by atoms with Gasteiger partial charge in [-0.2, -0.15) is 0 Å². The van der Waals surface area contributed by atoms with Crippen molar-refractivity contribution in [3.05, 3.63) is 0 Å². The number of aliphatic hydroxyl groups is 1. The Hall–Kier alpha value is -0.0800. The summed E-state index contributed by atoms with van der Waals surface area (Å²) in [5, 5.41) is 13.4. The average Bonchev–Trinajstić information content (AvgIpc) is 2.27. The Bertz CT molecular complexity index is 255. The van der Waals surface area contributed by atoms with E-state index in [4.69, 9.17) is 0 Å². The molecule has 2 nitrogen and oxygen atoms in total. The van der Waals surface area contributed by atoms with Gasteiger partial charge in [0.25, 0.3) is 0 Å². The predicted octanol–water partition coefficient (Wildman–Crippen LogP) is 3.98. The van der Waals surface area contributed by atoms with E-state index in [1.165, 1.54) is 19.3 Å². The fourth-order valence-electron chi connectivity index (χ4n) is 4.13. The van der Waals surface area contributed by atoms with E-state index in [9.17, 15) is 5.11 Å². The second-order valence-corrected chi connectivity index (χ2v) is 8.36. The van der Waals surface area contributed by atoms with Crippen LogP contribution in [0.5, 0.6) is 0 Å². The number of nitrogens with one attached hydrogen (secondary N) is 1. The molecule has 1 fully saturated rings. The van der Waals surface area contributed by atoms with Crippen LogP contribution in [0.3, 0.4) is 0 Å². The summed E-state index contributed by atoms with van der Waals surface area (Å²) >= 11 is 0. The lowest BCUT2D eigenvalue weighted by Crippen LogP contribution is -2.48. The van der Waals surface area contributed by atoms with E-state index < -0.39 is 0 Å². The molecular weight excluding hydrogens is 234 g/mol. The first-order valence-electron chi connectivity index (χ1n) is 8.02. The first kappa shape index (κ1) is 17.0. The zero-order valence-corrected chi connectivity index (χ0v) is 14.0. The molecule has 2 heteroatoms. The highest BCUT2D eigenvalue weighted by atomic mass is 16.3. The first-order valence-corrected chi connectivity index (χ1v) is 8.02. The van der Waals surface area contributed by atoms with E-state index in [1.807, 2.05) is 0 Å². The summed E-state index contributed by atoms with van der Waals surface area (Å²) < 4.78 is 0. The molecule has 0 aromatic heterocycles. The predicted molar refractivity (Wildman–Crippen MR) is 83.3 cm³/mol. The van der Waals surface area contributed by atoms with Crippen LogP contribution >= 0.6 is 0 Å². The maximum Gasteiger partial charge on any atom is 0.0499 e. The molecule has 1 rings (SSSR count). The fourth-order valence-corrected chi connectivity index (χ4v) is 4.13. The highest BCUT2D eigenvalue weighted by Gasteiger charge is 2.39. The van der Waals surface area contributed by atoms with Crippen molar-refractivity contribution in [2.75, 3.05) is 13.2 Å². The summed E-state index contributed by atoms with van der Waals surface area (Å²) in [6.45, 7) is 15.2. The Morgan fingerprint density at radius 3 is 1.89 bits per heavy atom. The zero-order chi connectivity index (χ0) is 14.7. The maximum absolute atomic E-state index is 9.67. The summed E-state index contributed by atoms with van der Waals surface area (Å²) in [5.74, 6) is 0. The molecule has 0 radical (unpaired) electrons. The molecule has 0 aromatic rings. The molecule has 1 saturated carbocycles. The topological polar surface area (TPSA) is 32.3 Å². The number of rotatable bonds is 6. The Balaban J connectivity index is 2.62. The lowest BCUT2D eigenvalue weighted by atomic mass is 9.63. The zero-order valence-electron chi connectivity index (χ0n) is 14.0. The van der Waals surface area contributed by atoms with E-state index in [-0.39, 0.29) is 5.41 Å². The Morgan fingerprint density at radius 1 is 1.05 bits per heavy atom.